The van der Waals surface area contributed by atoms with Gasteiger partial charge in [0.05, 0.1) is 11.7 Å². The van der Waals surface area contributed by atoms with Gasteiger partial charge in [0.2, 0.25) is 0 Å². The van der Waals surface area contributed by atoms with E-state index in [1.165, 1.54) is 22.2 Å². The van der Waals surface area contributed by atoms with Gasteiger partial charge in [0.1, 0.15) is 17.5 Å². The van der Waals surface area contributed by atoms with Crippen LogP contribution in [0.15, 0.2) is 75.6 Å². The Balaban J connectivity index is 1.64. The highest BCUT2D eigenvalue weighted by Crippen LogP contribution is 2.31. The third-order valence-electron chi connectivity index (χ3n) is 4.66. The van der Waals surface area contributed by atoms with Crippen molar-refractivity contribution in [2.75, 3.05) is 0 Å². The first kappa shape index (κ1) is 19.5. The van der Waals surface area contributed by atoms with Crippen molar-refractivity contribution in [1.29, 1.82) is 0 Å². The molecule has 0 bridgehead atoms. The van der Waals surface area contributed by atoms with Crippen LogP contribution in [0.3, 0.4) is 0 Å². The van der Waals surface area contributed by atoms with Gasteiger partial charge >= 0.3 is 5.97 Å². The fraction of sp³-hybridized carbons (Fsp3) is 0.136. The quantitative estimate of drug-likeness (QED) is 0.378. The van der Waals surface area contributed by atoms with Gasteiger partial charge in [-0.25, -0.2) is 9.78 Å². The van der Waals surface area contributed by atoms with Gasteiger partial charge in [0.25, 0.3) is 5.56 Å². The van der Waals surface area contributed by atoms with Crippen LogP contribution < -0.4 is 5.56 Å². The molecule has 4 aromatic rings. The van der Waals surface area contributed by atoms with Crippen molar-refractivity contribution >= 4 is 43.5 Å². The lowest BCUT2D eigenvalue weighted by Crippen LogP contribution is -2.29. The topological polar surface area (TPSA) is 61.2 Å². The van der Waals surface area contributed by atoms with E-state index < -0.39 is 12.0 Å². The van der Waals surface area contributed by atoms with E-state index in [4.69, 9.17) is 4.74 Å². The number of nitrogens with zero attached hydrogens (tertiary/aromatic N) is 2. The zero-order valence-corrected chi connectivity index (χ0v) is 17.9. The third kappa shape index (κ3) is 4.02. The molecule has 0 unspecified atom stereocenters. The molecule has 29 heavy (non-hydrogen) atoms. The molecule has 4 rings (SSSR count). The summed E-state index contributed by atoms with van der Waals surface area (Å²) in [6.07, 6.45) is 1.42. The molecule has 0 fully saturated rings. The van der Waals surface area contributed by atoms with E-state index in [0.717, 1.165) is 21.2 Å². The molecule has 0 N–H and O–H groups in total. The number of hydrogen-bond donors (Lipinski definition) is 0. The summed E-state index contributed by atoms with van der Waals surface area (Å²) in [5, 5.41) is 2.44. The summed E-state index contributed by atoms with van der Waals surface area (Å²) in [6.45, 7) is 1.81. The van der Waals surface area contributed by atoms with Crippen molar-refractivity contribution in [2.24, 2.45) is 0 Å². The van der Waals surface area contributed by atoms with Crippen LogP contribution >= 0.6 is 27.3 Å². The predicted molar refractivity (Wildman–Crippen MR) is 118 cm³/mol. The van der Waals surface area contributed by atoms with Crippen LogP contribution in [0.1, 0.15) is 18.5 Å². The molecule has 5 nitrogen and oxygen atoms in total. The summed E-state index contributed by atoms with van der Waals surface area (Å²) < 4.78 is 7.69. The average Bonchev–Trinajstić information content (AvgIpc) is 3.18. The van der Waals surface area contributed by atoms with Crippen molar-refractivity contribution < 1.29 is 9.53 Å². The Kier molecular flexibility index (Phi) is 5.60. The van der Waals surface area contributed by atoms with E-state index in [1.807, 2.05) is 60.0 Å². The van der Waals surface area contributed by atoms with E-state index in [9.17, 15) is 9.59 Å². The summed E-state index contributed by atoms with van der Waals surface area (Å²) in [5.41, 5.74) is 2.38. The van der Waals surface area contributed by atoms with Gasteiger partial charge in [0, 0.05) is 15.4 Å². The number of carbonyl (C=O) groups is 1. The van der Waals surface area contributed by atoms with Crippen molar-refractivity contribution in [1.82, 2.24) is 9.55 Å². The SMILES string of the molecule is C[C@H](C(=O)OCc1ccccc1)n1cnc2scc(-c3ccc(Br)cc3)c2c1=O. The number of esters is 1. The fourth-order valence-electron chi connectivity index (χ4n) is 3.03. The number of ether oxygens (including phenoxy) is 1. The van der Waals surface area contributed by atoms with Gasteiger partial charge in [-0.3, -0.25) is 9.36 Å². The largest absolute Gasteiger partial charge is 0.459 e. The molecule has 0 spiro atoms. The molecule has 2 heterocycles. The standard InChI is InChI=1S/C22H17BrN2O3S/c1-14(22(27)28-11-15-5-3-2-4-6-15)25-13-24-20-19(21(25)26)18(12-29-20)16-7-9-17(23)10-8-16/h2-10,12-14H,11H2,1H3/t14-/m1/s1. The van der Waals surface area contributed by atoms with Crippen LogP contribution in [-0.4, -0.2) is 15.5 Å². The normalized spacial score (nSPS) is 12.1. The number of halogens is 1. The van der Waals surface area contributed by atoms with E-state index in [2.05, 4.69) is 20.9 Å². The Morgan fingerprint density at radius 1 is 1.17 bits per heavy atom. The zero-order chi connectivity index (χ0) is 20.4. The molecule has 1 atom stereocenters. The number of rotatable bonds is 5. The second kappa shape index (κ2) is 8.31. The molecule has 0 saturated heterocycles. The van der Waals surface area contributed by atoms with Crippen molar-refractivity contribution in [2.45, 2.75) is 19.6 Å². The number of aromatic nitrogens is 2. The minimum atomic E-state index is -0.777. The van der Waals surface area contributed by atoms with E-state index in [1.54, 1.807) is 6.92 Å². The van der Waals surface area contributed by atoms with Gasteiger partial charge in [-0.15, -0.1) is 11.3 Å². The third-order valence-corrected chi connectivity index (χ3v) is 6.07. The Labute approximate surface area is 179 Å². The molecule has 0 aliphatic rings. The minimum Gasteiger partial charge on any atom is -0.459 e. The Morgan fingerprint density at radius 2 is 1.90 bits per heavy atom. The van der Waals surface area contributed by atoms with Crippen LogP contribution in [0, 0.1) is 0 Å². The molecule has 0 radical (unpaired) electrons. The smallest absolute Gasteiger partial charge is 0.329 e. The summed E-state index contributed by atoms with van der Waals surface area (Å²) in [4.78, 5) is 30.7. The van der Waals surface area contributed by atoms with E-state index >= 15 is 0 Å². The van der Waals surface area contributed by atoms with Gasteiger partial charge in [-0.05, 0) is 30.2 Å². The van der Waals surface area contributed by atoms with Gasteiger partial charge < -0.3 is 4.74 Å². The van der Waals surface area contributed by atoms with Crippen LogP contribution in [0.5, 0.6) is 0 Å². The number of benzene rings is 2. The zero-order valence-electron chi connectivity index (χ0n) is 15.5. The number of fused-ring (bicyclic) bond motifs is 1. The van der Waals surface area contributed by atoms with Crippen molar-refractivity contribution in [3.8, 4) is 11.1 Å². The van der Waals surface area contributed by atoms with Gasteiger partial charge in [0.15, 0.2) is 0 Å². The van der Waals surface area contributed by atoms with Gasteiger partial charge in [-0.2, -0.15) is 0 Å². The monoisotopic (exact) mass is 468 g/mol. The second-order valence-electron chi connectivity index (χ2n) is 6.56. The first-order valence-corrected chi connectivity index (χ1v) is 10.7. The van der Waals surface area contributed by atoms with Crippen LogP contribution in [0.25, 0.3) is 21.3 Å². The van der Waals surface area contributed by atoms with Crippen molar-refractivity contribution in [3.05, 3.63) is 86.7 Å². The van der Waals surface area contributed by atoms with Crippen LogP contribution in [-0.2, 0) is 16.1 Å². The molecule has 146 valence electrons. The maximum atomic E-state index is 13.2. The number of hydrogen-bond acceptors (Lipinski definition) is 5. The predicted octanol–water partition coefficient (Wildman–Crippen LogP) is 5.19. The first-order chi connectivity index (χ1) is 14.0. The number of thiophene rings is 1. The lowest BCUT2D eigenvalue weighted by Gasteiger charge is -2.14. The summed E-state index contributed by atoms with van der Waals surface area (Å²) >= 11 is 4.84. The number of carbonyl (C=O) groups excluding carboxylic acids is 1. The maximum absolute atomic E-state index is 13.2. The molecule has 7 heteroatoms. The van der Waals surface area contributed by atoms with E-state index in [0.29, 0.717) is 10.2 Å². The second-order valence-corrected chi connectivity index (χ2v) is 8.34. The molecule has 0 aliphatic carbocycles. The lowest BCUT2D eigenvalue weighted by molar-refractivity contribution is -0.148. The van der Waals surface area contributed by atoms with Crippen LogP contribution in [0.2, 0.25) is 0 Å². The van der Waals surface area contributed by atoms with Gasteiger partial charge in [-0.1, -0.05) is 58.4 Å². The summed E-state index contributed by atoms with van der Waals surface area (Å²) in [6, 6.07) is 16.4. The molecule has 2 aromatic heterocycles. The highest BCUT2D eigenvalue weighted by Gasteiger charge is 2.21. The highest BCUT2D eigenvalue weighted by molar-refractivity contribution is 9.10. The Bertz CT molecular complexity index is 1220. The Hall–Kier alpha value is -2.77. The molecule has 0 saturated carbocycles. The summed E-state index contributed by atoms with van der Waals surface area (Å²) in [7, 11) is 0. The maximum Gasteiger partial charge on any atom is 0.329 e. The summed E-state index contributed by atoms with van der Waals surface area (Å²) in [5.74, 6) is -0.475. The minimum absolute atomic E-state index is 0.164. The Morgan fingerprint density at radius 3 is 2.62 bits per heavy atom. The molecular weight excluding hydrogens is 452 g/mol. The lowest BCUT2D eigenvalue weighted by atomic mass is 10.1. The van der Waals surface area contributed by atoms with Crippen LogP contribution in [0.4, 0.5) is 0 Å². The highest BCUT2D eigenvalue weighted by atomic mass is 79.9. The molecular formula is C22H17BrN2O3S. The average molecular weight is 469 g/mol. The molecule has 2 aromatic carbocycles. The molecule has 0 amide bonds. The molecule has 0 aliphatic heterocycles. The first-order valence-electron chi connectivity index (χ1n) is 8.99. The van der Waals surface area contributed by atoms with E-state index in [-0.39, 0.29) is 12.2 Å². The fourth-order valence-corrected chi connectivity index (χ4v) is 4.20. The van der Waals surface area contributed by atoms with Crippen molar-refractivity contribution in [3.63, 3.8) is 0 Å².